The van der Waals surface area contributed by atoms with E-state index in [4.69, 9.17) is 9.52 Å². The molecule has 1 aliphatic rings. The van der Waals surface area contributed by atoms with Gasteiger partial charge >= 0.3 is 5.97 Å². The van der Waals surface area contributed by atoms with Crippen molar-refractivity contribution in [2.24, 2.45) is 0 Å². The quantitative estimate of drug-likeness (QED) is 0.895. The van der Waals surface area contributed by atoms with Crippen molar-refractivity contribution in [3.63, 3.8) is 0 Å². The molecule has 0 aromatic carbocycles. The molecule has 2 heterocycles. The molecule has 0 aliphatic carbocycles. The van der Waals surface area contributed by atoms with E-state index in [1.54, 1.807) is 18.9 Å². The summed E-state index contributed by atoms with van der Waals surface area (Å²) in [5.41, 5.74) is 0.157. The van der Waals surface area contributed by atoms with Crippen molar-refractivity contribution in [2.45, 2.75) is 25.1 Å². The van der Waals surface area contributed by atoms with E-state index in [1.165, 1.54) is 6.07 Å². The van der Waals surface area contributed by atoms with Crippen LogP contribution in [0.3, 0.4) is 0 Å². The van der Waals surface area contributed by atoms with Gasteiger partial charge in [-0.15, -0.1) is 0 Å². The van der Waals surface area contributed by atoms with Crippen LogP contribution >= 0.6 is 23.5 Å². The van der Waals surface area contributed by atoms with Crippen molar-refractivity contribution < 1.29 is 19.1 Å². The number of rotatable bonds is 5. The Morgan fingerprint density at radius 1 is 1.48 bits per heavy atom. The molecule has 0 bridgehead atoms. The largest absolute Gasteiger partial charge is 0.478 e. The number of hydrogen-bond acceptors (Lipinski definition) is 5. The molecule has 1 aromatic heterocycles. The van der Waals surface area contributed by atoms with Gasteiger partial charge in [-0.25, -0.2) is 4.79 Å². The molecule has 21 heavy (non-hydrogen) atoms. The minimum atomic E-state index is -1.01. The van der Waals surface area contributed by atoms with E-state index in [9.17, 15) is 9.59 Å². The molecule has 1 unspecified atom stereocenters. The molecule has 1 fully saturated rings. The highest BCUT2D eigenvalue weighted by atomic mass is 32.2. The highest BCUT2D eigenvalue weighted by Crippen LogP contribution is 2.27. The first-order valence-corrected chi connectivity index (χ1v) is 8.93. The van der Waals surface area contributed by atoms with Crippen LogP contribution in [0, 0.1) is 6.92 Å². The summed E-state index contributed by atoms with van der Waals surface area (Å²) in [6.45, 7) is 1.92. The number of furan rings is 1. The third-order valence-corrected chi connectivity index (χ3v) is 6.15. The van der Waals surface area contributed by atoms with Crippen LogP contribution in [-0.2, 0) is 11.3 Å². The standard InChI is InChI=1S/C14H19NO4S2/c1-9-12(14(17)18)5-10(19-9)7-15(2)13(16)6-11-8-20-3-4-21-11/h5,11H,3-4,6-8H2,1-2H3,(H,17,18). The van der Waals surface area contributed by atoms with Gasteiger partial charge in [-0.05, 0) is 13.0 Å². The van der Waals surface area contributed by atoms with Crippen molar-refractivity contribution in [1.82, 2.24) is 4.90 Å². The molecule has 2 rings (SSSR count). The Labute approximate surface area is 132 Å². The van der Waals surface area contributed by atoms with Crippen molar-refractivity contribution >= 4 is 35.4 Å². The summed E-state index contributed by atoms with van der Waals surface area (Å²) in [6, 6.07) is 1.49. The Balaban J connectivity index is 1.90. The van der Waals surface area contributed by atoms with Gasteiger partial charge in [0, 0.05) is 36.0 Å². The Bertz CT molecular complexity index is 523. The molecule has 1 aromatic rings. The van der Waals surface area contributed by atoms with Gasteiger partial charge in [0.05, 0.1) is 6.54 Å². The molecule has 1 atom stereocenters. The highest BCUT2D eigenvalue weighted by molar-refractivity contribution is 8.06. The maximum Gasteiger partial charge on any atom is 0.339 e. The number of carboxylic acids is 1. The number of carbonyl (C=O) groups is 2. The van der Waals surface area contributed by atoms with E-state index < -0.39 is 5.97 Å². The third kappa shape index (κ3) is 4.44. The molecular weight excluding hydrogens is 310 g/mol. The zero-order chi connectivity index (χ0) is 15.4. The number of nitrogens with zero attached hydrogens (tertiary/aromatic N) is 1. The predicted octanol–water partition coefficient (Wildman–Crippen LogP) is 2.48. The maximum absolute atomic E-state index is 12.2. The highest BCUT2D eigenvalue weighted by Gasteiger charge is 2.21. The van der Waals surface area contributed by atoms with Gasteiger partial charge in [0.25, 0.3) is 0 Å². The number of carbonyl (C=O) groups excluding carboxylic acids is 1. The summed E-state index contributed by atoms with van der Waals surface area (Å²) >= 11 is 3.75. The second-order valence-corrected chi connectivity index (χ2v) is 7.57. The molecule has 0 spiro atoms. The van der Waals surface area contributed by atoms with E-state index >= 15 is 0 Å². The Kier molecular flexibility index (Phi) is 5.64. The zero-order valence-corrected chi connectivity index (χ0v) is 13.8. The van der Waals surface area contributed by atoms with Crippen molar-refractivity contribution in [3.8, 4) is 0 Å². The van der Waals surface area contributed by atoms with Crippen LogP contribution in [0.5, 0.6) is 0 Å². The van der Waals surface area contributed by atoms with Crippen molar-refractivity contribution in [3.05, 3.63) is 23.2 Å². The lowest BCUT2D eigenvalue weighted by molar-refractivity contribution is -0.130. The molecule has 0 saturated carbocycles. The lowest BCUT2D eigenvalue weighted by atomic mass is 10.2. The van der Waals surface area contributed by atoms with E-state index in [0.717, 1.165) is 17.3 Å². The predicted molar refractivity (Wildman–Crippen MR) is 85.1 cm³/mol. The molecule has 0 radical (unpaired) electrons. The maximum atomic E-state index is 12.2. The van der Waals surface area contributed by atoms with Gasteiger partial charge in [-0.2, -0.15) is 23.5 Å². The van der Waals surface area contributed by atoms with Gasteiger partial charge in [0.15, 0.2) is 0 Å². The zero-order valence-electron chi connectivity index (χ0n) is 12.1. The number of thioether (sulfide) groups is 2. The van der Waals surface area contributed by atoms with Crippen molar-refractivity contribution in [1.29, 1.82) is 0 Å². The van der Waals surface area contributed by atoms with Gasteiger partial charge in [0.2, 0.25) is 5.91 Å². The molecular formula is C14H19NO4S2. The van der Waals surface area contributed by atoms with E-state index in [-0.39, 0.29) is 11.5 Å². The van der Waals surface area contributed by atoms with E-state index in [2.05, 4.69) is 0 Å². The second-order valence-electron chi connectivity index (χ2n) is 5.01. The third-order valence-electron chi connectivity index (χ3n) is 3.31. The first-order valence-electron chi connectivity index (χ1n) is 6.73. The monoisotopic (exact) mass is 329 g/mol. The van der Waals surface area contributed by atoms with Crippen LogP contribution in [0.4, 0.5) is 0 Å². The minimum absolute atomic E-state index is 0.0703. The Morgan fingerprint density at radius 3 is 2.81 bits per heavy atom. The van der Waals surface area contributed by atoms with Crippen LogP contribution in [0.25, 0.3) is 0 Å². The first-order chi connectivity index (χ1) is 9.97. The smallest absolute Gasteiger partial charge is 0.339 e. The molecule has 7 heteroatoms. The lowest BCUT2D eigenvalue weighted by Crippen LogP contribution is -2.30. The van der Waals surface area contributed by atoms with Crippen LogP contribution in [-0.4, -0.2) is 51.4 Å². The molecule has 1 aliphatic heterocycles. The fourth-order valence-electron chi connectivity index (χ4n) is 2.16. The molecule has 1 N–H and O–H groups in total. The SMILES string of the molecule is Cc1oc(CN(C)C(=O)CC2CSCCS2)cc1C(=O)O. The molecule has 1 amide bonds. The number of aromatic carboxylic acids is 1. The fraction of sp³-hybridized carbons (Fsp3) is 0.571. The number of hydrogen-bond donors (Lipinski definition) is 1. The van der Waals surface area contributed by atoms with Gasteiger partial charge in [0.1, 0.15) is 17.1 Å². The summed E-state index contributed by atoms with van der Waals surface area (Å²) in [7, 11) is 1.72. The summed E-state index contributed by atoms with van der Waals surface area (Å²) in [5, 5.41) is 9.37. The van der Waals surface area contributed by atoms with Gasteiger partial charge < -0.3 is 14.4 Å². The molecule has 5 nitrogen and oxygen atoms in total. The van der Waals surface area contributed by atoms with Gasteiger partial charge in [-0.3, -0.25) is 4.79 Å². The summed E-state index contributed by atoms with van der Waals surface area (Å²) in [4.78, 5) is 24.8. The van der Waals surface area contributed by atoms with Crippen LogP contribution < -0.4 is 0 Å². The minimum Gasteiger partial charge on any atom is -0.478 e. The topological polar surface area (TPSA) is 70.8 Å². The van der Waals surface area contributed by atoms with Gasteiger partial charge in [-0.1, -0.05) is 0 Å². The molecule has 116 valence electrons. The average molecular weight is 329 g/mol. The van der Waals surface area contributed by atoms with E-state index in [1.807, 2.05) is 23.5 Å². The summed E-state index contributed by atoms with van der Waals surface area (Å²) < 4.78 is 5.40. The summed E-state index contributed by atoms with van der Waals surface area (Å²) in [6.07, 6.45) is 0.527. The normalized spacial score (nSPS) is 18.5. The van der Waals surface area contributed by atoms with E-state index in [0.29, 0.717) is 29.7 Å². The number of aryl methyl sites for hydroxylation is 1. The second kappa shape index (κ2) is 7.26. The number of carboxylic acid groups (broad SMARTS) is 1. The average Bonchev–Trinajstić information content (AvgIpc) is 2.80. The number of amides is 1. The Morgan fingerprint density at radius 2 is 2.24 bits per heavy atom. The Hall–Kier alpha value is -1.08. The molecule has 1 saturated heterocycles. The fourth-order valence-corrected chi connectivity index (χ4v) is 4.83. The van der Waals surface area contributed by atoms with Crippen LogP contribution in [0.2, 0.25) is 0 Å². The van der Waals surface area contributed by atoms with Crippen molar-refractivity contribution in [2.75, 3.05) is 24.3 Å². The summed E-state index contributed by atoms with van der Waals surface area (Å²) in [5.74, 6) is 3.23. The van der Waals surface area contributed by atoms with Crippen LogP contribution in [0.1, 0.15) is 28.3 Å². The lowest BCUT2D eigenvalue weighted by Gasteiger charge is -2.23. The first kappa shape index (κ1) is 16.3. The van der Waals surface area contributed by atoms with Crippen LogP contribution in [0.15, 0.2) is 10.5 Å².